The second-order valence-electron chi connectivity index (χ2n) is 5.22. The van der Waals surface area contributed by atoms with E-state index in [0.29, 0.717) is 17.1 Å². The Bertz CT molecular complexity index is 835. The van der Waals surface area contributed by atoms with Crippen molar-refractivity contribution in [2.45, 2.75) is 6.54 Å². The molecule has 122 valence electrons. The summed E-state index contributed by atoms with van der Waals surface area (Å²) in [6.45, 7) is 0.649. The van der Waals surface area contributed by atoms with Crippen LogP contribution in [0.3, 0.4) is 0 Å². The summed E-state index contributed by atoms with van der Waals surface area (Å²) in [4.78, 5) is 13.7. The molecule has 0 aliphatic carbocycles. The van der Waals surface area contributed by atoms with E-state index >= 15 is 0 Å². The Labute approximate surface area is 144 Å². The Kier molecular flexibility index (Phi) is 4.77. The lowest BCUT2D eigenvalue weighted by Gasteiger charge is -2.06. The molecule has 0 aliphatic rings. The molecule has 0 saturated carbocycles. The van der Waals surface area contributed by atoms with Gasteiger partial charge in [0.2, 0.25) is 5.27 Å². The van der Waals surface area contributed by atoms with Crippen LogP contribution in [0.2, 0.25) is 5.02 Å². The summed E-state index contributed by atoms with van der Waals surface area (Å²) in [7, 11) is 1.87. The Balaban J connectivity index is 1.67. The molecule has 24 heavy (non-hydrogen) atoms. The number of halogens is 1. The molecule has 1 heterocycles. The van der Waals surface area contributed by atoms with Crippen molar-refractivity contribution in [3.63, 3.8) is 0 Å². The fraction of sp³-hybridized carbons (Fsp3) is 0.118. The molecule has 3 rings (SSSR count). The van der Waals surface area contributed by atoms with Gasteiger partial charge >= 0.3 is 5.88 Å². The van der Waals surface area contributed by atoms with Gasteiger partial charge in [0.05, 0.1) is 22.4 Å². The van der Waals surface area contributed by atoms with E-state index in [-0.39, 0.29) is 11.8 Å². The highest BCUT2D eigenvalue weighted by Crippen LogP contribution is 2.16. The lowest BCUT2D eigenvalue weighted by molar-refractivity contribution is -0.757. The smallest absolute Gasteiger partial charge is 0.285 e. The summed E-state index contributed by atoms with van der Waals surface area (Å²) in [5.74, 6) is -0.116. The summed E-state index contributed by atoms with van der Waals surface area (Å²) in [5, 5.41) is 8.77. The zero-order valence-electron chi connectivity index (χ0n) is 13.0. The quantitative estimate of drug-likeness (QED) is 0.723. The first-order valence-electron chi connectivity index (χ1n) is 7.33. The van der Waals surface area contributed by atoms with Crippen LogP contribution < -0.4 is 15.1 Å². The Hall–Kier alpha value is -2.86. The van der Waals surface area contributed by atoms with Crippen LogP contribution in [0.4, 0.5) is 5.88 Å². The van der Waals surface area contributed by atoms with Crippen LogP contribution in [-0.4, -0.2) is 18.2 Å². The standard InChI is InChI=1S/C17H15ClN4O2/c1-21(11-13-7-3-2-4-8-13)22-12-16(24-20-22)19-17(23)14-9-5-6-10-15(14)18/h2-10,12H,11H2,1H3/p+1. The predicted octanol–water partition coefficient (Wildman–Crippen LogP) is 2.64. The highest BCUT2D eigenvalue weighted by atomic mass is 35.5. The molecule has 0 fully saturated rings. The Morgan fingerprint density at radius 1 is 1.21 bits per heavy atom. The van der Waals surface area contributed by atoms with Crippen LogP contribution in [0.25, 0.3) is 0 Å². The summed E-state index contributed by atoms with van der Waals surface area (Å²) in [6, 6.07) is 16.8. The summed E-state index contributed by atoms with van der Waals surface area (Å²) in [6.07, 6.45) is 1.59. The van der Waals surface area contributed by atoms with E-state index in [2.05, 4.69) is 10.6 Å². The van der Waals surface area contributed by atoms with E-state index in [0.717, 1.165) is 5.56 Å². The van der Waals surface area contributed by atoms with Crippen molar-refractivity contribution in [3.05, 3.63) is 76.9 Å². The van der Waals surface area contributed by atoms with Crippen LogP contribution >= 0.6 is 11.6 Å². The Morgan fingerprint density at radius 3 is 2.67 bits per heavy atom. The predicted molar refractivity (Wildman–Crippen MR) is 90.4 cm³/mol. The van der Waals surface area contributed by atoms with Gasteiger partial charge in [-0.25, -0.2) is 0 Å². The fourth-order valence-electron chi connectivity index (χ4n) is 2.20. The average molecular weight is 344 g/mol. The highest BCUT2D eigenvalue weighted by molar-refractivity contribution is 6.34. The van der Waals surface area contributed by atoms with Gasteiger partial charge in [0, 0.05) is 0 Å². The molecule has 1 amide bonds. The van der Waals surface area contributed by atoms with Crippen molar-refractivity contribution in [3.8, 4) is 0 Å². The first-order valence-corrected chi connectivity index (χ1v) is 7.71. The molecule has 1 N–H and O–H groups in total. The number of aromatic nitrogens is 2. The number of hydrogen-bond acceptors (Lipinski definition) is 4. The largest absolute Gasteiger partial charge is 0.306 e. The van der Waals surface area contributed by atoms with Crippen molar-refractivity contribution in [1.29, 1.82) is 0 Å². The zero-order chi connectivity index (χ0) is 16.9. The first-order chi connectivity index (χ1) is 11.6. The lowest BCUT2D eigenvalue weighted by Crippen LogP contribution is -2.55. The van der Waals surface area contributed by atoms with Crippen molar-refractivity contribution in [1.82, 2.24) is 5.27 Å². The number of carbonyl (C=O) groups is 1. The molecular formula is C17H16ClN4O2+. The van der Waals surface area contributed by atoms with E-state index in [1.807, 2.05) is 42.4 Å². The lowest BCUT2D eigenvalue weighted by atomic mass is 10.2. The number of nitrogens with one attached hydrogen (secondary N) is 1. The molecule has 3 aromatic rings. The topological polar surface area (TPSA) is 62.2 Å². The maximum Gasteiger partial charge on any atom is 0.306 e. The van der Waals surface area contributed by atoms with Crippen LogP contribution in [-0.2, 0) is 6.54 Å². The number of benzene rings is 2. The van der Waals surface area contributed by atoms with E-state index in [1.165, 1.54) is 4.79 Å². The number of rotatable bonds is 5. The van der Waals surface area contributed by atoms with E-state index in [4.69, 9.17) is 16.1 Å². The number of carbonyl (C=O) groups excluding carboxylic acids is 1. The molecule has 2 aromatic carbocycles. The molecule has 0 aliphatic heterocycles. The second-order valence-corrected chi connectivity index (χ2v) is 5.63. The van der Waals surface area contributed by atoms with Crippen LogP contribution in [0.1, 0.15) is 15.9 Å². The highest BCUT2D eigenvalue weighted by Gasteiger charge is 2.20. The van der Waals surface area contributed by atoms with Gasteiger partial charge in [-0.3, -0.25) is 14.6 Å². The fourth-order valence-corrected chi connectivity index (χ4v) is 2.42. The molecule has 1 aromatic heterocycles. The van der Waals surface area contributed by atoms with E-state index in [1.54, 1.807) is 30.5 Å². The normalized spacial score (nSPS) is 10.4. The second kappa shape index (κ2) is 7.14. The maximum atomic E-state index is 12.2. The van der Waals surface area contributed by atoms with Gasteiger partial charge in [0.1, 0.15) is 6.54 Å². The van der Waals surface area contributed by atoms with E-state index < -0.39 is 0 Å². The van der Waals surface area contributed by atoms with Crippen molar-refractivity contribution in [2.75, 3.05) is 17.4 Å². The van der Waals surface area contributed by atoms with Crippen molar-refractivity contribution < 1.29 is 14.1 Å². The third kappa shape index (κ3) is 3.72. The molecule has 6 nitrogen and oxygen atoms in total. The zero-order valence-corrected chi connectivity index (χ0v) is 13.8. The summed E-state index contributed by atoms with van der Waals surface area (Å²) >= 11 is 6.01. The summed E-state index contributed by atoms with van der Waals surface area (Å²) < 4.78 is 5.15. The number of anilines is 1. The minimum atomic E-state index is -0.352. The van der Waals surface area contributed by atoms with Crippen molar-refractivity contribution >= 4 is 23.4 Å². The molecule has 0 spiro atoms. The molecule has 7 heteroatoms. The number of amides is 1. The van der Waals surface area contributed by atoms with Crippen LogP contribution in [0.15, 0.2) is 65.3 Å². The molecule has 0 bridgehead atoms. The number of nitrogens with zero attached hydrogens (tertiary/aromatic N) is 3. The SMILES string of the molecule is CN(Cc1ccccc1)[n+]1cc(NC(=O)c2ccccc2Cl)on1. The average Bonchev–Trinajstić information content (AvgIpc) is 3.05. The molecule has 0 atom stereocenters. The first kappa shape index (κ1) is 16.0. The van der Waals surface area contributed by atoms with Crippen LogP contribution in [0.5, 0.6) is 0 Å². The van der Waals surface area contributed by atoms with E-state index in [9.17, 15) is 4.79 Å². The molecule has 0 saturated heterocycles. The minimum Gasteiger partial charge on any atom is -0.285 e. The minimum absolute atomic E-state index is 0.236. The monoisotopic (exact) mass is 343 g/mol. The van der Waals surface area contributed by atoms with Gasteiger partial charge < -0.3 is 0 Å². The number of hydrogen-bond donors (Lipinski definition) is 1. The van der Waals surface area contributed by atoms with Gasteiger partial charge in [-0.15, -0.1) is 0 Å². The van der Waals surface area contributed by atoms with Gasteiger partial charge in [-0.2, -0.15) is 5.01 Å². The van der Waals surface area contributed by atoms with Gasteiger partial charge in [-0.05, 0) is 17.7 Å². The summed E-state index contributed by atoms with van der Waals surface area (Å²) in [5.41, 5.74) is 1.51. The molecular weight excluding hydrogens is 328 g/mol. The molecule has 0 radical (unpaired) electrons. The Morgan fingerprint density at radius 2 is 1.92 bits per heavy atom. The third-order valence-corrected chi connectivity index (χ3v) is 3.74. The third-order valence-electron chi connectivity index (χ3n) is 3.41. The van der Waals surface area contributed by atoms with Crippen molar-refractivity contribution in [2.24, 2.45) is 0 Å². The maximum absolute atomic E-state index is 12.2. The van der Waals surface area contributed by atoms with Gasteiger partial charge in [0.15, 0.2) is 0 Å². The molecule has 0 unspecified atom stereocenters. The van der Waals surface area contributed by atoms with Crippen LogP contribution in [0, 0.1) is 0 Å². The van der Waals surface area contributed by atoms with Gasteiger partial charge in [0.25, 0.3) is 12.1 Å². The van der Waals surface area contributed by atoms with Gasteiger partial charge in [-0.1, -0.05) is 54.1 Å².